The van der Waals surface area contributed by atoms with Crippen LogP contribution in [0.5, 0.6) is 0 Å². The fraction of sp³-hybridized carbons (Fsp3) is 0.600. The molecule has 0 atom stereocenters. The van der Waals surface area contributed by atoms with Gasteiger partial charge >= 0.3 is 0 Å². The molecule has 0 saturated heterocycles. The SMILES string of the molecule is COCCC(C)(C)Cn1c(CCl)nc2ccc(C)nc21. The molecule has 0 radical (unpaired) electrons. The quantitative estimate of drug-likeness (QED) is 0.765. The average molecular weight is 296 g/mol. The topological polar surface area (TPSA) is 39.9 Å². The van der Waals surface area contributed by atoms with Gasteiger partial charge < -0.3 is 9.30 Å². The van der Waals surface area contributed by atoms with Crippen molar-refractivity contribution in [2.24, 2.45) is 5.41 Å². The number of halogens is 1. The number of imidazole rings is 1. The molecule has 2 aromatic heterocycles. The van der Waals surface area contributed by atoms with Crippen molar-refractivity contribution in [3.63, 3.8) is 0 Å². The highest BCUT2D eigenvalue weighted by atomic mass is 35.5. The Bertz CT molecular complexity index is 592. The fourth-order valence-electron chi connectivity index (χ4n) is 2.30. The molecule has 0 saturated carbocycles. The standard InChI is InChI=1S/C15H22ClN3O/c1-11-5-6-12-14(17-11)19(13(9-16)18-12)10-15(2,3)7-8-20-4/h5-6H,7-10H2,1-4H3. The highest BCUT2D eigenvalue weighted by Gasteiger charge is 2.22. The van der Waals surface area contributed by atoms with Crippen LogP contribution in [0, 0.1) is 12.3 Å². The summed E-state index contributed by atoms with van der Waals surface area (Å²) in [6, 6.07) is 3.99. The Kier molecular flexibility index (Phi) is 4.66. The highest BCUT2D eigenvalue weighted by molar-refractivity contribution is 6.16. The third-order valence-corrected chi connectivity index (χ3v) is 3.74. The van der Waals surface area contributed by atoms with Crippen LogP contribution in [0.4, 0.5) is 0 Å². The molecule has 0 amide bonds. The zero-order valence-electron chi connectivity index (χ0n) is 12.6. The maximum atomic E-state index is 6.04. The van der Waals surface area contributed by atoms with Crippen LogP contribution < -0.4 is 0 Å². The number of fused-ring (bicyclic) bond motifs is 1. The molecule has 2 aromatic rings. The first-order valence-corrected chi connectivity index (χ1v) is 7.38. The van der Waals surface area contributed by atoms with Crippen LogP contribution in [0.15, 0.2) is 12.1 Å². The first-order valence-electron chi connectivity index (χ1n) is 6.84. The molecule has 2 rings (SSSR count). The second-order valence-corrected chi connectivity index (χ2v) is 6.22. The number of ether oxygens (including phenoxy) is 1. The molecular formula is C15H22ClN3O. The van der Waals surface area contributed by atoms with E-state index in [-0.39, 0.29) is 5.41 Å². The maximum absolute atomic E-state index is 6.04. The van der Waals surface area contributed by atoms with Gasteiger partial charge in [-0.15, -0.1) is 11.6 Å². The number of aromatic nitrogens is 3. The number of hydrogen-bond acceptors (Lipinski definition) is 3. The summed E-state index contributed by atoms with van der Waals surface area (Å²) < 4.78 is 7.34. The molecule has 5 heteroatoms. The molecule has 0 unspecified atom stereocenters. The Balaban J connectivity index is 2.38. The summed E-state index contributed by atoms with van der Waals surface area (Å²) in [7, 11) is 1.73. The van der Waals surface area contributed by atoms with Crippen molar-refractivity contribution < 1.29 is 4.74 Å². The zero-order chi connectivity index (χ0) is 14.8. The number of pyridine rings is 1. The molecule has 0 spiro atoms. The van der Waals surface area contributed by atoms with Crippen molar-refractivity contribution in [3.05, 3.63) is 23.7 Å². The molecular weight excluding hydrogens is 274 g/mol. The molecule has 4 nitrogen and oxygen atoms in total. The molecule has 110 valence electrons. The second kappa shape index (κ2) is 6.10. The number of methoxy groups -OCH3 is 1. The first kappa shape index (κ1) is 15.3. The van der Waals surface area contributed by atoms with E-state index in [1.807, 2.05) is 19.1 Å². The van der Waals surface area contributed by atoms with Gasteiger partial charge in [-0.3, -0.25) is 0 Å². The zero-order valence-corrected chi connectivity index (χ0v) is 13.4. The Morgan fingerprint density at radius 3 is 2.70 bits per heavy atom. The van der Waals surface area contributed by atoms with Gasteiger partial charge in [0.25, 0.3) is 0 Å². The molecule has 20 heavy (non-hydrogen) atoms. The maximum Gasteiger partial charge on any atom is 0.160 e. The van der Waals surface area contributed by atoms with E-state index in [1.165, 1.54) is 0 Å². The van der Waals surface area contributed by atoms with Crippen LogP contribution in [0.2, 0.25) is 0 Å². The summed E-state index contributed by atoms with van der Waals surface area (Å²) in [6.45, 7) is 8.04. The predicted molar refractivity (Wildman–Crippen MR) is 82.1 cm³/mol. The minimum atomic E-state index is 0.107. The lowest BCUT2D eigenvalue weighted by Gasteiger charge is -2.25. The van der Waals surface area contributed by atoms with E-state index in [4.69, 9.17) is 16.3 Å². The van der Waals surface area contributed by atoms with Gasteiger partial charge in [0.05, 0.1) is 5.88 Å². The van der Waals surface area contributed by atoms with Crippen LogP contribution in [0.25, 0.3) is 11.2 Å². The Morgan fingerprint density at radius 1 is 1.30 bits per heavy atom. The van der Waals surface area contributed by atoms with Gasteiger partial charge in [0, 0.05) is 26.0 Å². The van der Waals surface area contributed by atoms with Crippen molar-refractivity contribution in [1.82, 2.24) is 14.5 Å². The summed E-state index contributed by atoms with van der Waals surface area (Å²) in [5.41, 5.74) is 2.94. The monoisotopic (exact) mass is 295 g/mol. The lowest BCUT2D eigenvalue weighted by Crippen LogP contribution is -2.23. The number of nitrogens with zero attached hydrogens (tertiary/aromatic N) is 3. The van der Waals surface area contributed by atoms with Crippen LogP contribution in [0.3, 0.4) is 0 Å². The molecule has 0 aliphatic heterocycles. The summed E-state index contributed by atoms with van der Waals surface area (Å²) >= 11 is 6.04. The molecule has 0 N–H and O–H groups in total. The Hall–Kier alpha value is -1.13. The fourth-order valence-corrected chi connectivity index (χ4v) is 2.50. The van der Waals surface area contributed by atoms with Gasteiger partial charge in [-0.05, 0) is 30.9 Å². The summed E-state index contributed by atoms with van der Waals surface area (Å²) in [4.78, 5) is 9.19. The minimum Gasteiger partial charge on any atom is -0.385 e. The van der Waals surface area contributed by atoms with Crippen molar-refractivity contribution in [1.29, 1.82) is 0 Å². The van der Waals surface area contributed by atoms with E-state index in [0.717, 1.165) is 42.3 Å². The summed E-state index contributed by atoms with van der Waals surface area (Å²) in [5, 5.41) is 0. The van der Waals surface area contributed by atoms with E-state index in [9.17, 15) is 0 Å². The number of alkyl halides is 1. The van der Waals surface area contributed by atoms with E-state index in [0.29, 0.717) is 5.88 Å². The first-order chi connectivity index (χ1) is 9.46. The van der Waals surface area contributed by atoms with Gasteiger partial charge in [0.1, 0.15) is 11.3 Å². The second-order valence-electron chi connectivity index (χ2n) is 5.95. The smallest absolute Gasteiger partial charge is 0.160 e. The minimum absolute atomic E-state index is 0.107. The van der Waals surface area contributed by atoms with Crippen molar-refractivity contribution in [2.75, 3.05) is 13.7 Å². The Labute approximate surface area is 125 Å². The highest BCUT2D eigenvalue weighted by Crippen LogP contribution is 2.27. The van der Waals surface area contributed by atoms with Crippen LogP contribution in [-0.2, 0) is 17.2 Å². The molecule has 0 aliphatic rings. The Morgan fingerprint density at radius 2 is 2.05 bits per heavy atom. The third-order valence-electron chi connectivity index (χ3n) is 3.50. The third kappa shape index (κ3) is 3.30. The van der Waals surface area contributed by atoms with Crippen molar-refractivity contribution in [3.8, 4) is 0 Å². The van der Waals surface area contributed by atoms with Crippen LogP contribution >= 0.6 is 11.6 Å². The normalized spacial score (nSPS) is 12.2. The van der Waals surface area contributed by atoms with Crippen molar-refractivity contribution in [2.45, 2.75) is 39.6 Å². The predicted octanol–water partition coefficient (Wildman–Crippen LogP) is 3.54. The van der Waals surface area contributed by atoms with E-state index in [2.05, 4.69) is 28.4 Å². The van der Waals surface area contributed by atoms with Gasteiger partial charge in [-0.1, -0.05) is 13.8 Å². The lowest BCUT2D eigenvalue weighted by atomic mass is 9.89. The van der Waals surface area contributed by atoms with Crippen LogP contribution in [-0.4, -0.2) is 28.3 Å². The van der Waals surface area contributed by atoms with Crippen molar-refractivity contribution >= 4 is 22.8 Å². The van der Waals surface area contributed by atoms with E-state index in [1.54, 1.807) is 7.11 Å². The van der Waals surface area contributed by atoms with Gasteiger partial charge in [-0.25, -0.2) is 9.97 Å². The van der Waals surface area contributed by atoms with Gasteiger partial charge in [-0.2, -0.15) is 0 Å². The molecule has 0 bridgehead atoms. The number of hydrogen-bond donors (Lipinski definition) is 0. The molecule has 0 aliphatic carbocycles. The molecule has 2 heterocycles. The summed E-state index contributed by atoms with van der Waals surface area (Å²) in [6.07, 6.45) is 0.983. The lowest BCUT2D eigenvalue weighted by molar-refractivity contribution is 0.142. The van der Waals surface area contributed by atoms with Gasteiger partial charge in [0.15, 0.2) is 5.65 Å². The average Bonchev–Trinajstić information content (AvgIpc) is 2.73. The van der Waals surface area contributed by atoms with Gasteiger partial charge in [0.2, 0.25) is 0 Å². The van der Waals surface area contributed by atoms with E-state index >= 15 is 0 Å². The summed E-state index contributed by atoms with van der Waals surface area (Å²) in [5.74, 6) is 1.28. The van der Waals surface area contributed by atoms with Crippen LogP contribution in [0.1, 0.15) is 31.8 Å². The number of aryl methyl sites for hydroxylation is 1. The number of rotatable bonds is 6. The largest absolute Gasteiger partial charge is 0.385 e. The molecule has 0 fully saturated rings. The molecule has 0 aromatic carbocycles. The van der Waals surface area contributed by atoms with E-state index < -0.39 is 0 Å².